The Hall–Kier alpha value is -5.11. The minimum atomic E-state index is -0.481. The average molecular weight is 518 g/mol. The number of nitrogens with zero attached hydrogens (tertiary/aromatic N) is 3. The highest BCUT2D eigenvalue weighted by molar-refractivity contribution is 6.06. The Bertz CT molecular complexity index is 1690. The van der Waals surface area contributed by atoms with Gasteiger partial charge in [-0.2, -0.15) is 10.1 Å². The summed E-state index contributed by atoms with van der Waals surface area (Å²) >= 11 is 0. The lowest BCUT2D eigenvalue weighted by Crippen LogP contribution is -2.31. The van der Waals surface area contributed by atoms with Crippen LogP contribution in [0.25, 0.3) is 10.8 Å². The first kappa shape index (κ1) is 24.2. The van der Waals surface area contributed by atoms with E-state index in [4.69, 9.17) is 9.47 Å². The number of allylic oxidation sites excluding steroid dienone is 1. The summed E-state index contributed by atoms with van der Waals surface area (Å²) < 4.78 is 13.3. The lowest BCUT2D eigenvalue weighted by Gasteiger charge is -2.29. The van der Waals surface area contributed by atoms with Crippen molar-refractivity contribution >= 4 is 28.3 Å². The van der Waals surface area contributed by atoms with Crippen LogP contribution in [0.1, 0.15) is 24.1 Å². The molecule has 2 N–H and O–H groups in total. The normalized spacial score (nSPS) is 14.5. The van der Waals surface area contributed by atoms with Gasteiger partial charge in [0.2, 0.25) is 5.95 Å². The number of aromatic nitrogens is 3. The summed E-state index contributed by atoms with van der Waals surface area (Å²) in [6, 6.07) is 29.1. The predicted molar refractivity (Wildman–Crippen MR) is 151 cm³/mol. The number of methoxy groups -OCH3 is 1. The maximum Gasteiger partial charge on any atom is 0.255 e. The number of benzene rings is 4. The Labute approximate surface area is 225 Å². The van der Waals surface area contributed by atoms with Crippen LogP contribution >= 0.6 is 0 Å². The summed E-state index contributed by atoms with van der Waals surface area (Å²) in [5.41, 5.74) is 3.82. The number of hydrogen-bond acceptors (Lipinski definition) is 6. The zero-order valence-electron chi connectivity index (χ0n) is 21.6. The van der Waals surface area contributed by atoms with Crippen LogP contribution in [0.4, 0.5) is 11.6 Å². The molecule has 0 saturated carbocycles. The molecule has 0 unspecified atom stereocenters. The van der Waals surface area contributed by atoms with Crippen molar-refractivity contribution in [2.24, 2.45) is 0 Å². The van der Waals surface area contributed by atoms with E-state index in [1.165, 1.54) is 17.1 Å². The Morgan fingerprint density at radius 2 is 1.74 bits per heavy atom. The van der Waals surface area contributed by atoms with Gasteiger partial charge in [0.15, 0.2) is 0 Å². The van der Waals surface area contributed by atoms with Gasteiger partial charge in [0.1, 0.15) is 30.5 Å². The number of fused-ring (bicyclic) bond motifs is 2. The van der Waals surface area contributed by atoms with E-state index < -0.39 is 6.04 Å². The average Bonchev–Trinajstić information content (AvgIpc) is 3.44. The highest BCUT2D eigenvalue weighted by atomic mass is 16.5. The van der Waals surface area contributed by atoms with Crippen molar-refractivity contribution < 1.29 is 14.3 Å². The molecule has 1 amide bonds. The number of carbonyl (C=O) groups excluding carboxylic acids is 1. The van der Waals surface area contributed by atoms with Crippen molar-refractivity contribution in [2.75, 3.05) is 17.7 Å². The van der Waals surface area contributed by atoms with Crippen LogP contribution in [-0.2, 0) is 11.4 Å². The molecule has 8 heteroatoms. The zero-order chi connectivity index (χ0) is 26.8. The van der Waals surface area contributed by atoms with E-state index in [9.17, 15) is 4.79 Å². The topological polar surface area (TPSA) is 90.3 Å². The molecule has 1 aliphatic heterocycles. The third-order valence-electron chi connectivity index (χ3n) is 6.86. The summed E-state index contributed by atoms with van der Waals surface area (Å²) in [5, 5.41) is 13.0. The summed E-state index contributed by atoms with van der Waals surface area (Å²) in [4.78, 5) is 18.0. The predicted octanol–water partition coefficient (Wildman–Crippen LogP) is 5.95. The molecule has 0 aliphatic carbocycles. The first-order valence-corrected chi connectivity index (χ1v) is 12.6. The number of nitrogens with one attached hydrogen (secondary N) is 2. The van der Waals surface area contributed by atoms with E-state index in [0.717, 1.165) is 16.9 Å². The maximum absolute atomic E-state index is 13.6. The van der Waals surface area contributed by atoms with Gasteiger partial charge in [-0.15, -0.1) is 0 Å². The van der Waals surface area contributed by atoms with Gasteiger partial charge in [-0.1, -0.05) is 66.7 Å². The zero-order valence-corrected chi connectivity index (χ0v) is 21.6. The van der Waals surface area contributed by atoms with Gasteiger partial charge in [-0.25, -0.2) is 4.68 Å². The van der Waals surface area contributed by atoms with E-state index in [-0.39, 0.29) is 5.91 Å². The molecule has 0 saturated heterocycles. The van der Waals surface area contributed by atoms with Crippen LogP contribution < -0.4 is 20.1 Å². The molecule has 4 aromatic carbocycles. The number of para-hydroxylation sites is 2. The minimum absolute atomic E-state index is 0.257. The summed E-state index contributed by atoms with van der Waals surface area (Å²) in [7, 11) is 1.58. The molecular weight excluding hydrogens is 490 g/mol. The second kappa shape index (κ2) is 10.3. The number of anilines is 2. The number of rotatable bonds is 7. The third kappa shape index (κ3) is 4.68. The standard InChI is InChI=1S/C31H27N5O3/c1-20-28(30(37)35-26-12-5-6-13-27(26)38-2)29(36-31(34-20)32-19-33-36)22-14-16-24(17-15-22)39-18-23-10-7-9-21-8-3-4-11-25(21)23/h3-17,19,29H,18H2,1-2H3,(H,35,37)(H,32,33,34)/t29-/m1/s1. The molecular formula is C31H27N5O3. The van der Waals surface area contributed by atoms with Gasteiger partial charge >= 0.3 is 0 Å². The smallest absolute Gasteiger partial charge is 0.255 e. The Balaban J connectivity index is 1.27. The Morgan fingerprint density at radius 1 is 0.974 bits per heavy atom. The SMILES string of the molecule is COc1ccccc1NC(=O)C1=C(C)Nc2ncnn2[C@@H]1c1ccc(OCc2cccc3ccccc23)cc1. The number of amides is 1. The second-order valence-electron chi connectivity index (χ2n) is 9.24. The molecule has 8 nitrogen and oxygen atoms in total. The largest absolute Gasteiger partial charge is 0.495 e. The minimum Gasteiger partial charge on any atom is -0.495 e. The van der Waals surface area contributed by atoms with Crippen molar-refractivity contribution in [3.05, 3.63) is 120 Å². The van der Waals surface area contributed by atoms with E-state index in [0.29, 0.717) is 35.3 Å². The first-order chi connectivity index (χ1) is 19.1. The highest BCUT2D eigenvalue weighted by Gasteiger charge is 2.33. The van der Waals surface area contributed by atoms with Crippen molar-refractivity contribution in [3.63, 3.8) is 0 Å². The lowest BCUT2D eigenvalue weighted by atomic mass is 9.95. The van der Waals surface area contributed by atoms with Gasteiger partial charge in [0.25, 0.3) is 5.91 Å². The monoisotopic (exact) mass is 517 g/mol. The fraction of sp³-hybridized carbons (Fsp3) is 0.129. The maximum atomic E-state index is 13.6. The van der Waals surface area contributed by atoms with Gasteiger partial charge in [-0.05, 0) is 53.1 Å². The lowest BCUT2D eigenvalue weighted by molar-refractivity contribution is -0.113. The fourth-order valence-corrected chi connectivity index (χ4v) is 4.96. The number of ether oxygens (including phenoxy) is 2. The van der Waals surface area contributed by atoms with Crippen LogP contribution in [0.2, 0.25) is 0 Å². The molecule has 0 radical (unpaired) electrons. The van der Waals surface area contributed by atoms with E-state index in [1.54, 1.807) is 23.9 Å². The Morgan fingerprint density at radius 3 is 2.59 bits per heavy atom. The van der Waals surface area contributed by atoms with Gasteiger partial charge in [0, 0.05) is 5.70 Å². The third-order valence-corrected chi connectivity index (χ3v) is 6.86. The quantitative estimate of drug-likeness (QED) is 0.277. The molecule has 0 spiro atoms. The van der Waals surface area contributed by atoms with Gasteiger partial charge in [0.05, 0.1) is 18.4 Å². The van der Waals surface area contributed by atoms with Gasteiger partial charge < -0.3 is 20.1 Å². The number of hydrogen-bond donors (Lipinski definition) is 2. The molecule has 2 heterocycles. The summed E-state index contributed by atoms with van der Waals surface area (Å²) in [5.74, 6) is 1.63. The summed E-state index contributed by atoms with van der Waals surface area (Å²) in [6.45, 7) is 2.32. The first-order valence-electron chi connectivity index (χ1n) is 12.6. The molecule has 1 aliphatic rings. The highest BCUT2D eigenvalue weighted by Crippen LogP contribution is 2.36. The van der Waals surface area contributed by atoms with E-state index in [2.05, 4.69) is 45.0 Å². The van der Waals surface area contributed by atoms with Crippen molar-refractivity contribution in [3.8, 4) is 11.5 Å². The van der Waals surface area contributed by atoms with Gasteiger partial charge in [-0.3, -0.25) is 4.79 Å². The summed E-state index contributed by atoms with van der Waals surface area (Å²) in [6.07, 6.45) is 1.48. The molecule has 39 heavy (non-hydrogen) atoms. The Kier molecular flexibility index (Phi) is 6.42. The van der Waals surface area contributed by atoms with Crippen molar-refractivity contribution in [1.29, 1.82) is 0 Å². The van der Waals surface area contributed by atoms with Crippen LogP contribution in [0, 0.1) is 0 Å². The molecule has 6 rings (SSSR count). The van der Waals surface area contributed by atoms with Crippen molar-refractivity contribution in [2.45, 2.75) is 19.6 Å². The van der Waals surface area contributed by atoms with E-state index >= 15 is 0 Å². The fourth-order valence-electron chi connectivity index (χ4n) is 4.96. The van der Waals surface area contributed by atoms with Crippen molar-refractivity contribution in [1.82, 2.24) is 14.8 Å². The number of carbonyl (C=O) groups is 1. The van der Waals surface area contributed by atoms with Crippen LogP contribution in [-0.4, -0.2) is 27.8 Å². The molecule has 194 valence electrons. The van der Waals surface area contributed by atoms with E-state index in [1.807, 2.05) is 61.5 Å². The molecule has 1 atom stereocenters. The molecule has 5 aromatic rings. The molecule has 1 aromatic heterocycles. The second-order valence-corrected chi connectivity index (χ2v) is 9.24. The van der Waals surface area contributed by atoms with Crippen LogP contribution in [0.3, 0.4) is 0 Å². The van der Waals surface area contributed by atoms with Crippen LogP contribution in [0.5, 0.6) is 11.5 Å². The molecule has 0 fully saturated rings. The van der Waals surface area contributed by atoms with Crippen LogP contribution in [0.15, 0.2) is 109 Å². The molecule has 0 bridgehead atoms.